The van der Waals surface area contributed by atoms with Gasteiger partial charge in [0.05, 0.1) is 13.2 Å². The molecule has 7 nitrogen and oxygen atoms in total. The molecular formula is C32H35N3O4. The van der Waals surface area contributed by atoms with Gasteiger partial charge in [0, 0.05) is 50.9 Å². The van der Waals surface area contributed by atoms with Crippen LogP contribution in [0.3, 0.4) is 0 Å². The molecular weight excluding hydrogens is 490 g/mol. The fourth-order valence-electron chi connectivity index (χ4n) is 5.89. The maximum Gasteiger partial charge on any atom is 0.410 e. The first kappa shape index (κ1) is 25.6. The second kappa shape index (κ2) is 11.6. The average Bonchev–Trinajstić information content (AvgIpc) is 2.99. The molecule has 3 aromatic carbocycles. The predicted octanol–water partition coefficient (Wildman–Crippen LogP) is 4.28. The standard InChI is InChI=1S/C32H35N3O4/c36-31(35-21-28-9-5-4-8-26(28)19-30(35)22-33-14-16-38-17-15-33)27-11-10-25-12-13-34(20-29(25)18-27)32(37)39-23-24-6-2-1-3-7-24/h1-11,18,30H,12-17,19-23H2/t30-/m0/s1. The molecule has 0 aromatic heterocycles. The molecule has 2 amide bonds. The van der Waals surface area contributed by atoms with Gasteiger partial charge in [-0.2, -0.15) is 0 Å². The Hall–Kier alpha value is -3.68. The molecule has 7 heteroatoms. The number of amides is 2. The van der Waals surface area contributed by atoms with E-state index in [4.69, 9.17) is 9.47 Å². The highest BCUT2D eigenvalue weighted by Crippen LogP contribution is 2.28. The van der Waals surface area contributed by atoms with E-state index in [9.17, 15) is 9.59 Å². The van der Waals surface area contributed by atoms with Crippen LogP contribution in [0.2, 0.25) is 0 Å². The van der Waals surface area contributed by atoms with Crippen molar-refractivity contribution in [3.63, 3.8) is 0 Å². The molecule has 0 aliphatic carbocycles. The minimum Gasteiger partial charge on any atom is -0.445 e. The Labute approximate surface area is 229 Å². The van der Waals surface area contributed by atoms with Crippen LogP contribution >= 0.6 is 0 Å². The Balaban J connectivity index is 1.17. The fourth-order valence-corrected chi connectivity index (χ4v) is 5.89. The number of carbonyl (C=O) groups is 2. The molecule has 3 aliphatic heterocycles. The SMILES string of the molecule is O=C(OCc1ccccc1)N1CCc2ccc(C(=O)N3Cc4ccccc4C[C@H]3CN3CCOCC3)cc2C1. The minimum atomic E-state index is -0.320. The lowest BCUT2D eigenvalue weighted by atomic mass is 9.92. The molecule has 1 saturated heterocycles. The molecule has 3 aromatic rings. The van der Waals surface area contributed by atoms with Crippen LogP contribution in [0.4, 0.5) is 4.79 Å². The number of rotatable bonds is 5. The predicted molar refractivity (Wildman–Crippen MR) is 148 cm³/mol. The van der Waals surface area contributed by atoms with Crippen molar-refractivity contribution in [2.24, 2.45) is 0 Å². The summed E-state index contributed by atoms with van der Waals surface area (Å²) in [6.45, 7) is 6.04. The molecule has 3 heterocycles. The van der Waals surface area contributed by atoms with Crippen molar-refractivity contribution in [3.8, 4) is 0 Å². The van der Waals surface area contributed by atoms with Gasteiger partial charge in [0.25, 0.3) is 5.91 Å². The number of morpholine rings is 1. The quantitative estimate of drug-likeness (QED) is 0.498. The average molecular weight is 526 g/mol. The van der Waals surface area contributed by atoms with E-state index in [0.29, 0.717) is 25.2 Å². The highest BCUT2D eigenvalue weighted by Gasteiger charge is 2.32. The Morgan fingerprint density at radius 2 is 1.59 bits per heavy atom. The van der Waals surface area contributed by atoms with E-state index in [1.54, 1.807) is 4.90 Å². The number of benzene rings is 3. The number of ether oxygens (including phenoxy) is 2. The second-order valence-corrected chi connectivity index (χ2v) is 10.7. The third-order valence-electron chi connectivity index (χ3n) is 8.12. The Morgan fingerprint density at radius 3 is 2.41 bits per heavy atom. The monoisotopic (exact) mass is 525 g/mol. The first-order valence-electron chi connectivity index (χ1n) is 13.9. The number of fused-ring (bicyclic) bond motifs is 2. The van der Waals surface area contributed by atoms with Crippen molar-refractivity contribution in [2.75, 3.05) is 39.4 Å². The van der Waals surface area contributed by atoms with E-state index in [2.05, 4.69) is 29.2 Å². The summed E-state index contributed by atoms with van der Waals surface area (Å²) in [5.74, 6) is 0.0503. The molecule has 39 heavy (non-hydrogen) atoms. The van der Waals surface area contributed by atoms with Crippen LogP contribution in [0, 0.1) is 0 Å². The first-order chi connectivity index (χ1) is 19.1. The normalized spacial score (nSPS) is 19.2. The van der Waals surface area contributed by atoms with Gasteiger partial charge in [-0.25, -0.2) is 4.79 Å². The van der Waals surface area contributed by atoms with Gasteiger partial charge in [0.2, 0.25) is 0 Å². The van der Waals surface area contributed by atoms with Crippen LogP contribution in [0.1, 0.15) is 38.2 Å². The number of hydrogen-bond acceptors (Lipinski definition) is 5. The van der Waals surface area contributed by atoms with E-state index in [0.717, 1.165) is 56.8 Å². The third-order valence-corrected chi connectivity index (χ3v) is 8.12. The summed E-state index contributed by atoms with van der Waals surface area (Å²) in [4.78, 5) is 33.0. The van der Waals surface area contributed by atoms with E-state index in [1.165, 1.54) is 16.7 Å². The number of hydrogen-bond donors (Lipinski definition) is 0. The molecule has 6 rings (SSSR count). The topological polar surface area (TPSA) is 62.3 Å². The van der Waals surface area contributed by atoms with Crippen molar-refractivity contribution in [3.05, 3.63) is 106 Å². The van der Waals surface area contributed by atoms with Crippen molar-refractivity contribution in [2.45, 2.75) is 38.6 Å². The second-order valence-electron chi connectivity index (χ2n) is 10.7. The lowest BCUT2D eigenvalue weighted by Crippen LogP contribution is -2.52. The first-order valence-corrected chi connectivity index (χ1v) is 13.9. The summed E-state index contributed by atoms with van der Waals surface area (Å²) in [5.41, 5.74) is 6.40. The third kappa shape index (κ3) is 5.84. The maximum atomic E-state index is 14.0. The van der Waals surface area contributed by atoms with Crippen LogP contribution in [-0.4, -0.2) is 72.1 Å². The van der Waals surface area contributed by atoms with E-state index in [1.807, 2.05) is 53.4 Å². The minimum absolute atomic E-state index is 0.0503. The zero-order chi connectivity index (χ0) is 26.6. The summed E-state index contributed by atoms with van der Waals surface area (Å²) in [7, 11) is 0. The number of nitrogens with zero attached hydrogens (tertiary/aromatic N) is 3. The van der Waals surface area contributed by atoms with Gasteiger partial charge in [0.1, 0.15) is 6.61 Å². The largest absolute Gasteiger partial charge is 0.445 e. The van der Waals surface area contributed by atoms with Gasteiger partial charge >= 0.3 is 6.09 Å². The Kier molecular flexibility index (Phi) is 7.61. The Morgan fingerprint density at radius 1 is 0.821 bits per heavy atom. The van der Waals surface area contributed by atoms with E-state index < -0.39 is 0 Å². The molecule has 202 valence electrons. The molecule has 0 N–H and O–H groups in total. The van der Waals surface area contributed by atoms with Gasteiger partial charge < -0.3 is 19.3 Å². The highest BCUT2D eigenvalue weighted by atomic mass is 16.6. The summed E-state index contributed by atoms with van der Waals surface area (Å²) >= 11 is 0. The van der Waals surface area contributed by atoms with Crippen molar-refractivity contribution < 1.29 is 19.1 Å². The molecule has 1 fully saturated rings. The van der Waals surface area contributed by atoms with Crippen LogP contribution in [0.25, 0.3) is 0 Å². The Bertz CT molecular complexity index is 1320. The van der Waals surface area contributed by atoms with Gasteiger partial charge in [-0.1, -0.05) is 60.7 Å². The van der Waals surface area contributed by atoms with Crippen LogP contribution < -0.4 is 0 Å². The van der Waals surface area contributed by atoms with Crippen molar-refractivity contribution >= 4 is 12.0 Å². The summed E-state index contributed by atoms with van der Waals surface area (Å²) in [6.07, 6.45) is 1.28. The van der Waals surface area contributed by atoms with E-state index >= 15 is 0 Å². The van der Waals surface area contributed by atoms with Crippen molar-refractivity contribution in [1.82, 2.24) is 14.7 Å². The molecule has 3 aliphatic rings. The molecule has 0 saturated carbocycles. The molecule has 0 spiro atoms. The maximum absolute atomic E-state index is 14.0. The summed E-state index contributed by atoms with van der Waals surface area (Å²) < 4.78 is 11.1. The van der Waals surface area contributed by atoms with E-state index in [-0.39, 0.29) is 24.6 Å². The highest BCUT2D eigenvalue weighted by molar-refractivity contribution is 5.95. The smallest absolute Gasteiger partial charge is 0.410 e. The lowest BCUT2D eigenvalue weighted by molar-refractivity contribution is 0.0193. The van der Waals surface area contributed by atoms with Crippen molar-refractivity contribution in [1.29, 1.82) is 0 Å². The van der Waals surface area contributed by atoms with Gasteiger partial charge in [0.15, 0.2) is 0 Å². The van der Waals surface area contributed by atoms with Gasteiger partial charge in [-0.05, 0) is 52.8 Å². The fraction of sp³-hybridized carbons (Fsp3) is 0.375. The van der Waals surface area contributed by atoms with Gasteiger partial charge in [-0.3, -0.25) is 9.69 Å². The zero-order valence-electron chi connectivity index (χ0n) is 22.3. The van der Waals surface area contributed by atoms with Crippen LogP contribution in [0.15, 0.2) is 72.8 Å². The van der Waals surface area contributed by atoms with Gasteiger partial charge in [-0.15, -0.1) is 0 Å². The summed E-state index contributed by atoms with van der Waals surface area (Å²) in [5, 5.41) is 0. The molecule has 0 radical (unpaired) electrons. The lowest BCUT2D eigenvalue weighted by Gasteiger charge is -2.40. The number of carbonyl (C=O) groups excluding carboxylic acids is 2. The summed E-state index contributed by atoms with van der Waals surface area (Å²) in [6, 6.07) is 24.3. The molecule has 0 unspecified atom stereocenters. The molecule has 1 atom stereocenters. The van der Waals surface area contributed by atoms with Crippen LogP contribution in [-0.2, 0) is 42.0 Å². The molecule has 0 bridgehead atoms. The zero-order valence-corrected chi connectivity index (χ0v) is 22.3. The van der Waals surface area contributed by atoms with Crippen LogP contribution in [0.5, 0.6) is 0 Å².